The zero-order chi connectivity index (χ0) is 14.9. The molecular weight excluding hydrogens is 264 g/mol. The van der Waals surface area contributed by atoms with Crippen molar-refractivity contribution in [2.45, 2.75) is 25.8 Å². The van der Waals surface area contributed by atoms with Crippen LogP contribution in [0.4, 0.5) is 4.79 Å². The van der Waals surface area contributed by atoms with Gasteiger partial charge >= 0.3 is 6.03 Å². The van der Waals surface area contributed by atoms with Crippen molar-refractivity contribution < 1.29 is 9.53 Å². The quantitative estimate of drug-likeness (QED) is 0.874. The van der Waals surface area contributed by atoms with Gasteiger partial charge < -0.3 is 15.0 Å². The number of ether oxygens (including phenoxy) is 1. The third-order valence-electron chi connectivity index (χ3n) is 3.63. The largest absolute Gasteiger partial charge is 0.380 e. The van der Waals surface area contributed by atoms with Crippen LogP contribution in [0.25, 0.3) is 6.08 Å². The highest BCUT2D eigenvalue weighted by atomic mass is 16.5. The predicted molar refractivity (Wildman–Crippen MR) is 85.1 cm³/mol. The number of hydrogen-bond acceptors (Lipinski definition) is 2. The lowest BCUT2D eigenvalue weighted by Gasteiger charge is -2.24. The first-order valence-corrected chi connectivity index (χ1v) is 7.65. The normalized spacial score (nSPS) is 18.3. The van der Waals surface area contributed by atoms with E-state index >= 15 is 0 Å². The maximum atomic E-state index is 12.2. The van der Waals surface area contributed by atoms with Crippen molar-refractivity contribution in [3.8, 4) is 0 Å². The van der Waals surface area contributed by atoms with E-state index in [1.165, 1.54) is 0 Å². The van der Waals surface area contributed by atoms with E-state index in [1.807, 2.05) is 54.3 Å². The lowest BCUT2D eigenvalue weighted by atomic mass is 10.2. The Kier molecular flexibility index (Phi) is 6.28. The molecule has 0 spiro atoms. The molecule has 0 aromatic heterocycles. The van der Waals surface area contributed by atoms with E-state index in [0.717, 1.165) is 24.9 Å². The van der Waals surface area contributed by atoms with Gasteiger partial charge in [-0.25, -0.2) is 4.79 Å². The summed E-state index contributed by atoms with van der Waals surface area (Å²) in [6, 6.07) is 10.3. The summed E-state index contributed by atoms with van der Waals surface area (Å²) >= 11 is 0. The lowest BCUT2D eigenvalue weighted by molar-refractivity contribution is 0.0943. The van der Waals surface area contributed by atoms with E-state index in [1.54, 1.807) is 0 Å². The Morgan fingerprint density at radius 3 is 3.00 bits per heavy atom. The molecule has 1 aromatic carbocycles. The minimum Gasteiger partial charge on any atom is -0.380 e. The molecule has 0 radical (unpaired) electrons. The summed E-state index contributed by atoms with van der Waals surface area (Å²) in [7, 11) is 0. The Hall–Kier alpha value is -1.81. The number of benzene rings is 1. The summed E-state index contributed by atoms with van der Waals surface area (Å²) in [6.45, 7) is 4.70. The van der Waals surface area contributed by atoms with Gasteiger partial charge in [0, 0.05) is 19.7 Å². The molecule has 1 heterocycles. The topological polar surface area (TPSA) is 41.6 Å². The second-order valence-electron chi connectivity index (χ2n) is 5.15. The summed E-state index contributed by atoms with van der Waals surface area (Å²) in [4.78, 5) is 14.1. The van der Waals surface area contributed by atoms with Crippen LogP contribution in [-0.4, -0.2) is 43.3 Å². The van der Waals surface area contributed by atoms with E-state index in [-0.39, 0.29) is 12.1 Å². The maximum absolute atomic E-state index is 12.2. The van der Waals surface area contributed by atoms with Gasteiger partial charge in [-0.1, -0.05) is 42.5 Å². The van der Waals surface area contributed by atoms with Gasteiger partial charge in [0.05, 0.1) is 12.6 Å². The monoisotopic (exact) mass is 288 g/mol. The van der Waals surface area contributed by atoms with Crippen LogP contribution < -0.4 is 5.32 Å². The van der Waals surface area contributed by atoms with Crippen LogP contribution in [0, 0.1) is 0 Å². The molecule has 1 atom stereocenters. The SMILES string of the molecule is CCOCC1CCCN1C(=O)NC/C=C/c1ccccc1. The van der Waals surface area contributed by atoms with Crippen LogP contribution in [0.5, 0.6) is 0 Å². The molecule has 0 aliphatic carbocycles. The van der Waals surface area contributed by atoms with Crippen molar-refractivity contribution in [2.75, 3.05) is 26.3 Å². The van der Waals surface area contributed by atoms with Crippen LogP contribution in [-0.2, 0) is 4.74 Å². The van der Waals surface area contributed by atoms with E-state index in [2.05, 4.69) is 5.32 Å². The second kappa shape index (κ2) is 8.47. The van der Waals surface area contributed by atoms with Gasteiger partial charge in [-0.15, -0.1) is 0 Å². The molecule has 1 fully saturated rings. The highest BCUT2D eigenvalue weighted by Crippen LogP contribution is 2.17. The molecule has 1 aliphatic heterocycles. The average Bonchev–Trinajstić information content (AvgIpc) is 2.99. The van der Waals surface area contributed by atoms with Crippen LogP contribution in [0.2, 0.25) is 0 Å². The Labute approximate surface area is 126 Å². The molecule has 2 amide bonds. The van der Waals surface area contributed by atoms with Gasteiger partial charge in [-0.2, -0.15) is 0 Å². The molecule has 21 heavy (non-hydrogen) atoms. The van der Waals surface area contributed by atoms with E-state index in [9.17, 15) is 4.79 Å². The number of likely N-dealkylation sites (tertiary alicyclic amines) is 1. The van der Waals surface area contributed by atoms with E-state index < -0.39 is 0 Å². The van der Waals surface area contributed by atoms with Crippen LogP contribution in [0.15, 0.2) is 36.4 Å². The number of hydrogen-bond donors (Lipinski definition) is 1. The number of nitrogens with one attached hydrogen (secondary N) is 1. The molecule has 4 heteroatoms. The summed E-state index contributed by atoms with van der Waals surface area (Å²) in [5.41, 5.74) is 1.14. The Morgan fingerprint density at radius 1 is 1.43 bits per heavy atom. The molecule has 0 saturated carbocycles. The van der Waals surface area contributed by atoms with Crippen molar-refractivity contribution in [1.29, 1.82) is 0 Å². The fourth-order valence-corrected chi connectivity index (χ4v) is 2.54. The predicted octanol–water partition coefficient (Wildman–Crippen LogP) is 2.91. The van der Waals surface area contributed by atoms with Crippen LogP contribution in [0.3, 0.4) is 0 Å². The van der Waals surface area contributed by atoms with Gasteiger partial charge in [-0.05, 0) is 25.3 Å². The molecule has 1 unspecified atom stereocenters. The van der Waals surface area contributed by atoms with Gasteiger partial charge in [0.2, 0.25) is 0 Å². The lowest BCUT2D eigenvalue weighted by Crippen LogP contribution is -2.44. The summed E-state index contributed by atoms with van der Waals surface area (Å²) < 4.78 is 5.45. The molecule has 2 rings (SSSR count). The highest BCUT2D eigenvalue weighted by molar-refractivity contribution is 5.75. The number of carbonyl (C=O) groups is 1. The summed E-state index contributed by atoms with van der Waals surface area (Å²) in [5, 5.41) is 2.95. The third kappa shape index (κ3) is 4.90. The Bertz CT molecular complexity index is 459. The molecule has 1 aromatic rings. The van der Waals surface area contributed by atoms with Gasteiger partial charge in [-0.3, -0.25) is 0 Å². The minimum atomic E-state index is 0.00918. The van der Waals surface area contributed by atoms with Gasteiger partial charge in [0.1, 0.15) is 0 Å². The van der Waals surface area contributed by atoms with Crippen molar-refractivity contribution in [3.63, 3.8) is 0 Å². The van der Waals surface area contributed by atoms with E-state index in [0.29, 0.717) is 19.8 Å². The Morgan fingerprint density at radius 2 is 2.24 bits per heavy atom. The average molecular weight is 288 g/mol. The first-order valence-electron chi connectivity index (χ1n) is 7.65. The number of nitrogens with zero attached hydrogens (tertiary/aromatic N) is 1. The zero-order valence-electron chi connectivity index (χ0n) is 12.6. The second-order valence-corrected chi connectivity index (χ2v) is 5.15. The summed E-state index contributed by atoms with van der Waals surface area (Å²) in [5.74, 6) is 0. The first-order chi connectivity index (χ1) is 10.3. The third-order valence-corrected chi connectivity index (χ3v) is 3.63. The smallest absolute Gasteiger partial charge is 0.317 e. The fourth-order valence-electron chi connectivity index (χ4n) is 2.54. The van der Waals surface area contributed by atoms with E-state index in [4.69, 9.17) is 4.74 Å². The van der Waals surface area contributed by atoms with Gasteiger partial charge in [0.15, 0.2) is 0 Å². The standard InChI is InChI=1S/C17H24N2O2/c1-2-21-14-16-11-7-13-19(16)17(20)18-12-6-10-15-8-4-3-5-9-15/h3-6,8-10,16H,2,7,11-14H2,1H3,(H,18,20)/b10-6+. The molecule has 4 nitrogen and oxygen atoms in total. The van der Waals surface area contributed by atoms with Crippen molar-refractivity contribution in [2.24, 2.45) is 0 Å². The number of rotatable bonds is 6. The fraction of sp³-hybridized carbons (Fsp3) is 0.471. The molecule has 1 saturated heterocycles. The number of amides is 2. The molecular formula is C17H24N2O2. The maximum Gasteiger partial charge on any atom is 0.317 e. The summed E-state index contributed by atoms with van der Waals surface area (Å²) in [6.07, 6.45) is 6.08. The Balaban J connectivity index is 1.75. The van der Waals surface area contributed by atoms with Gasteiger partial charge in [0.25, 0.3) is 0 Å². The van der Waals surface area contributed by atoms with Crippen molar-refractivity contribution in [1.82, 2.24) is 10.2 Å². The minimum absolute atomic E-state index is 0.00918. The van der Waals surface area contributed by atoms with Crippen LogP contribution >= 0.6 is 0 Å². The number of urea groups is 1. The van der Waals surface area contributed by atoms with Crippen molar-refractivity contribution >= 4 is 12.1 Å². The molecule has 1 aliphatic rings. The molecule has 114 valence electrons. The zero-order valence-corrected chi connectivity index (χ0v) is 12.6. The van der Waals surface area contributed by atoms with Crippen LogP contribution in [0.1, 0.15) is 25.3 Å². The highest BCUT2D eigenvalue weighted by Gasteiger charge is 2.28. The molecule has 1 N–H and O–H groups in total. The molecule has 0 bridgehead atoms. The van der Waals surface area contributed by atoms with Crippen molar-refractivity contribution in [3.05, 3.63) is 42.0 Å². The first kappa shape index (κ1) is 15.6. The number of carbonyl (C=O) groups excluding carboxylic acids is 1.